The summed E-state index contributed by atoms with van der Waals surface area (Å²) in [5.41, 5.74) is 0. The van der Waals surface area contributed by atoms with Gasteiger partial charge in [0.2, 0.25) is 5.91 Å². The molecule has 4 heteroatoms. The standard InChI is InChI=1S/C14H17N3O/c1-10(2)17-13(18)9-16-14-12-6-4-3-5-11(12)7-8-15-14/h3-8,10H,9H2,1-2H3,(H,15,16)(H,17,18). The highest BCUT2D eigenvalue weighted by atomic mass is 16.1. The van der Waals surface area contributed by atoms with Gasteiger partial charge in [-0.3, -0.25) is 4.79 Å². The van der Waals surface area contributed by atoms with E-state index in [2.05, 4.69) is 15.6 Å². The summed E-state index contributed by atoms with van der Waals surface area (Å²) >= 11 is 0. The lowest BCUT2D eigenvalue weighted by Crippen LogP contribution is -2.34. The normalized spacial score (nSPS) is 10.6. The molecule has 1 amide bonds. The smallest absolute Gasteiger partial charge is 0.239 e. The number of rotatable bonds is 4. The molecule has 1 aromatic carbocycles. The van der Waals surface area contributed by atoms with E-state index in [1.54, 1.807) is 6.20 Å². The van der Waals surface area contributed by atoms with Gasteiger partial charge in [-0.2, -0.15) is 0 Å². The number of hydrogen-bond donors (Lipinski definition) is 2. The van der Waals surface area contributed by atoms with Gasteiger partial charge >= 0.3 is 0 Å². The second-order valence-corrected chi connectivity index (χ2v) is 4.46. The molecule has 0 spiro atoms. The van der Waals surface area contributed by atoms with Crippen LogP contribution in [0.4, 0.5) is 5.82 Å². The average molecular weight is 243 g/mol. The van der Waals surface area contributed by atoms with E-state index in [4.69, 9.17) is 0 Å². The summed E-state index contributed by atoms with van der Waals surface area (Å²) in [5, 5.41) is 8.04. The second-order valence-electron chi connectivity index (χ2n) is 4.46. The van der Waals surface area contributed by atoms with Crippen LogP contribution in [-0.2, 0) is 4.79 Å². The van der Waals surface area contributed by atoms with E-state index in [1.165, 1.54) is 0 Å². The van der Waals surface area contributed by atoms with Crippen LogP contribution in [0.2, 0.25) is 0 Å². The van der Waals surface area contributed by atoms with Gasteiger partial charge in [-0.1, -0.05) is 24.3 Å². The van der Waals surface area contributed by atoms with E-state index in [-0.39, 0.29) is 18.5 Å². The van der Waals surface area contributed by atoms with Crippen molar-refractivity contribution in [3.05, 3.63) is 36.5 Å². The third-order valence-electron chi connectivity index (χ3n) is 2.54. The first-order valence-electron chi connectivity index (χ1n) is 6.04. The van der Waals surface area contributed by atoms with Crippen molar-refractivity contribution in [2.75, 3.05) is 11.9 Å². The Morgan fingerprint density at radius 1 is 1.28 bits per heavy atom. The number of anilines is 1. The Morgan fingerprint density at radius 2 is 2.06 bits per heavy atom. The van der Waals surface area contributed by atoms with Gasteiger partial charge in [0.15, 0.2) is 0 Å². The summed E-state index contributed by atoms with van der Waals surface area (Å²) in [4.78, 5) is 15.8. The number of nitrogens with zero attached hydrogens (tertiary/aromatic N) is 1. The first kappa shape index (κ1) is 12.4. The van der Waals surface area contributed by atoms with Crippen LogP contribution in [0.5, 0.6) is 0 Å². The molecule has 0 bridgehead atoms. The minimum absolute atomic E-state index is 0.0280. The number of fused-ring (bicyclic) bond motifs is 1. The van der Waals surface area contributed by atoms with Gasteiger partial charge in [0, 0.05) is 17.6 Å². The Labute approximate surface area is 106 Å². The lowest BCUT2D eigenvalue weighted by molar-refractivity contribution is -0.119. The number of pyridine rings is 1. The van der Waals surface area contributed by atoms with Crippen molar-refractivity contribution < 1.29 is 4.79 Å². The predicted molar refractivity (Wildman–Crippen MR) is 73.5 cm³/mol. The molecule has 2 N–H and O–H groups in total. The molecule has 0 atom stereocenters. The van der Waals surface area contributed by atoms with E-state index in [0.29, 0.717) is 0 Å². The van der Waals surface area contributed by atoms with Crippen molar-refractivity contribution in [1.82, 2.24) is 10.3 Å². The number of hydrogen-bond acceptors (Lipinski definition) is 3. The van der Waals surface area contributed by atoms with Crippen molar-refractivity contribution in [3.63, 3.8) is 0 Å². The number of carbonyl (C=O) groups excluding carboxylic acids is 1. The van der Waals surface area contributed by atoms with E-state index in [0.717, 1.165) is 16.6 Å². The lowest BCUT2D eigenvalue weighted by atomic mass is 10.1. The zero-order valence-corrected chi connectivity index (χ0v) is 10.6. The molecule has 0 radical (unpaired) electrons. The van der Waals surface area contributed by atoms with Gasteiger partial charge in [-0.15, -0.1) is 0 Å². The van der Waals surface area contributed by atoms with Gasteiger partial charge in [0.25, 0.3) is 0 Å². The van der Waals surface area contributed by atoms with E-state index in [1.807, 2.05) is 44.2 Å². The maximum absolute atomic E-state index is 11.6. The Hall–Kier alpha value is -2.10. The molecule has 0 aliphatic carbocycles. The summed E-state index contributed by atoms with van der Waals surface area (Å²) in [7, 11) is 0. The molecular formula is C14H17N3O. The predicted octanol–water partition coefficient (Wildman–Crippen LogP) is 2.17. The zero-order valence-electron chi connectivity index (χ0n) is 10.6. The van der Waals surface area contributed by atoms with Gasteiger partial charge in [-0.25, -0.2) is 4.98 Å². The van der Waals surface area contributed by atoms with Gasteiger partial charge < -0.3 is 10.6 Å². The molecule has 0 saturated heterocycles. The fourth-order valence-electron chi connectivity index (χ4n) is 1.80. The zero-order chi connectivity index (χ0) is 13.0. The molecule has 0 fully saturated rings. The van der Waals surface area contributed by atoms with Gasteiger partial charge in [0.1, 0.15) is 5.82 Å². The van der Waals surface area contributed by atoms with Crippen molar-refractivity contribution in [2.45, 2.75) is 19.9 Å². The van der Waals surface area contributed by atoms with Crippen LogP contribution < -0.4 is 10.6 Å². The molecule has 0 aliphatic rings. The van der Waals surface area contributed by atoms with Crippen LogP contribution in [0.3, 0.4) is 0 Å². The average Bonchev–Trinajstić information content (AvgIpc) is 2.35. The van der Waals surface area contributed by atoms with E-state index >= 15 is 0 Å². The van der Waals surface area contributed by atoms with Crippen molar-refractivity contribution in [1.29, 1.82) is 0 Å². The summed E-state index contributed by atoms with van der Waals surface area (Å²) in [6, 6.07) is 10.1. The molecule has 0 unspecified atom stereocenters. The summed E-state index contributed by atoms with van der Waals surface area (Å²) in [6.45, 7) is 4.11. The molecular weight excluding hydrogens is 226 g/mol. The molecule has 1 heterocycles. The Bertz CT molecular complexity index is 546. The maximum atomic E-state index is 11.6. The quantitative estimate of drug-likeness (QED) is 0.865. The molecule has 1 aromatic heterocycles. The fourth-order valence-corrected chi connectivity index (χ4v) is 1.80. The molecule has 2 aromatic rings. The van der Waals surface area contributed by atoms with Crippen LogP contribution in [0.1, 0.15) is 13.8 Å². The largest absolute Gasteiger partial charge is 0.360 e. The number of nitrogens with one attached hydrogen (secondary N) is 2. The highest BCUT2D eigenvalue weighted by Gasteiger charge is 2.05. The van der Waals surface area contributed by atoms with Gasteiger partial charge in [0.05, 0.1) is 6.54 Å². The Balaban J connectivity index is 2.10. The van der Waals surface area contributed by atoms with Crippen molar-refractivity contribution in [3.8, 4) is 0 Å². The molecule has 0 saturated carbocycles. The first-order chi connectivity index (χ1) is 8.66. The monoisotopic (exact) mass is 243 g/mol. The molecule has 2 rings (SSSR count). The minimum Gasteiger partial charge on any atom is -0.360 e. The van der Waals surface area contributed by atoms with E-state index in [9.17, 15) is 4.79 Å². The third kappa shape index (κ3) is 2.97. The summed E-state index contributed by atoms with van der Waals surface area (Å²) in [5.74, 6) is 0.715. The number of amides is 1. The second kappa shape index (κ2) is 5.49. The van der Waals surface area contributed by atoms with Crippen LogP contribution in [0, 0.1) is 0 Å². The molecule has 4 nitrogen and oxygen atoms in total. The number of benzene rings is 1. The maximum Gasteiger partial charge on any atom is 0.239 e. The molecule has 94 valence electrons. The van der Waals surface area contributed by atoms with Crippen molar-refractivity contribution >= 4 is 22.5 Å². The topological polar surface area (TPSA) is 54.0 Å². The fraction of sp³-hybridized carbons (Fsp3) is 0.286. The number of carbonyl (C=O) groups is 1. The van der Waals surface area contributed by atoms with Crippen LogP contribution in [0.15, 0.2) is 36.5 Å². The molecule has 18 heavy (non-hydrogen) atoms. The summed E-state index contributed by atoms with van der Waals surface area (Å²) < 4.78 is 0. The highest BCUT2D eigenvalue weighted by Crippen LogP contribution is 2.19. The lowest BCUT2D eigenvalue weighted by Gasteiger charge is -2.10. The number of aromatic nitrogens is 1. The van der Waals surface area contributed by atoms with Gasteiger partial charge in [-0.05, 0) is 25.3 Å². The highest BCUT2D eigenvalue weighted by molar-refractivity contribution is 5.93. The van der Waals surface area contributed by atoms with Crippen LogP contribution in [0.25, 0.3) is 10.8 Å². The molecule has 0 aliphatic heterocycles. The Morgan fingerprint density at radius 3 is 2.83 bits per heavy atom. The summed E-state index contributed by atoms with van der Waals surface area (Å²) in [6.07, 6.45) is 1.74. The van der Waals surface area contributed by atoms with Crippen LogP contribution in [-0.4, -0.2) is 23.5 Å². The van der Waals surface area contributed by atoms with E-state index < -0.39 is 0 Å². The third-order valence-corrected chi connectivity index (χ3v) is 2.54. The van der Waals surface area contributed by atoms with Crippen LogP contribution >= 0.6 is 0 Å². The van der Waals surface area contributed by atoms with Crippen molar-refractivity contribution in [2.24, 2.45) is 0 Å². The SMILES string of the molecule is CC(C)NC(=O)CNc1nccc2ccccc12. The minimum atomic E-state index is -0.0280. The first-order valence-corrected chi connectivity index (χ1v) is 6.04. The Kier molecular flexibility index (Phi) is 3.77.